The van der Waals surface area contributed by atoms with Crippen LogP contribution in [0.2, 0.25) is 0 Å². The number of aromatic nitrogens is 2. The highest BCUT2D eigenvalue weighted by Crippen LogP contribution is 2.39. The zero-order chi connectivity index (χ0) is 18.1. The zero-order valence-electron chi connectivity index (χ0n) is 14.5. The Labute approximate surface area is 160 Å². The molecule has 0 aliphatic heterocycles. The van der Waals surface area contributed by atoms with Gasteiger partial charge in [-0.15, -0.1) is 23.1 Å². The molecule has 0 saturated heterocycles. The Morgan fingerprint density at radius 2 is 1.92 bits per heavy atom. The number of hydrogen-bond acceptors (Lipinski definition) is 4. The highest BCUT2D eigenvalue weighted by molar-refractivity contribution is 7.98. The van der Waals surface area contributed by atoms with Crippen molar-refractivity contribution in [2.45, 2.75) is 24.6 Å². The molecule has 0 bridgehead atoms. The summed E-state index contributed by atoms with van der Waals surface area (Å²) in [6.45, 7) is 4.25. The summed E-state index contributed by atoms with van der Waals surface area (Å²) in [6, 6.07) is 13.2. The Kier molecular flexibility index (Phi) is 4.74. The second-order valence-electron chi connectivity index (χ2n) is 6.23. The normalized spacial score (nSPS) is 11.2. The van der Waals surface area contributed by atoms with Gasteiger partial charge in [-0.3, -0.25) is 0 Å². The first-order valence-electron chi connectivity index (χ1n) is 8.29. The van der Waals surface area contributed by atoms with E-state index in [9.17, 15) is 4.39 Å². The molecule has 0 aliphatic carbocycles. The van der Waals surface area contributed by atoms with Gasteiger partial charge in [0, 0.05) is 16.7 Å². The van der Waals surface area contributed by atoms with Gasteiger partial charge in [-0.1, -0.05) is 30.3 Å². The summed E-state index contributed by atoms with van der Waals surface area (Å²) in [5.41, 5.74) is 5.85. The van der Waals surface area contributed by atoms with Crippen molar-refractivity contribution in [2.24, 2.45) is 0 Å². The molecule has 2 nitrogen and oxygen atoms in total. The molecule has 4 aromatic rings. The second-order valence-corrected chi connectivity index (χ2v) is 8.05. The van der Waals surface area contributed by atoms with E-state index in [1.807, 2.05) is 6.07 Å². The second kappa shape index (κ2) is 7.17. The van der Waals surface area contributed by atoms with Crippen molar-refractivity contribution in [3.63, 3.8) is 0 Å². The number of benzene rings is 2. The fraction of sp³-hybridized carbons (Fsp3) is 0.143. The van der Waals surface area contributed by atoms with Gasteiger partial charge in [0.1, 0.15) is 22.0 Å². The summed E-state index contributed by atoms with van der Waals surface area (Å²) in [5.74, 6) is 0.466. The quantitative estimate of drug-likeness (QED) is 0.302. The van der Waals surface area contributed by atoms with E-state index >= 15 is 0 Å². The predicted molar refractivity (Wildman–Crippen MR) is 108 cm³/mol. The van der Waals surface area contributed by atoms with Crippen LogP contribution >= 0.6 is 23.1 Å². The number of nitrogens with zero attached hydrogens (tertiary/aromatic N) is 2. The third-order valence-corrected chi connectivity index (χ3v) is 6.36. The lowest BCUT2D eigenvalue weighted by atomic mass is 10.0. The van der Waals surface area contributed by atoms with E-state index in [1.165, 1.54) is 22.8 Å². The Hall–Kier alpha value is -2.24. The SMILES string of the molecule is Cc1ccc(-c2csc3ncnc(SCc4cccc(F)c4)c23)cc1C. The number of rotatable bonds is 4. The summed E-state index contributed by atoms with van der Waals surface area (Å²) < 4.78 is 13.4. The van der Waals surface area contributed by atoms with E-state index in [-0.39, 0.29) is 5.82 Å². The minimum atomic E-state index is -0.206. The lowest BCUT2D eigenvalue weighted by Crippen LogP contribution is -1.89. The summed E-state index contributed by atoms with van der Waals surface area (Å²) in [5, 5.41) is 4.17. The standard InChI is InChI=1S/C21H17FN2S2/c1-13-6-7-16(8-14(13)2)18-11-26-21-19(18)20(23-12-24-21)25-10-15-4-3-5-17(22)9-15/h3-9,11-12H,10H2,1-2H3. The average molecular weight is 381 g/mol. The van der Waals surface area contributed by atoms with Gasteiger partial charge < -0.3 is 0 Å². The smallest absolute Gasteiger partial charge is 0.128 e. The molecule has 26 heavy (non-hydrogen) atoms. The molecule has 4 rings (SSSR count). The topological polar surface area (TPSA) is 25.8 Å². The number of fused-ring (bicyclic) bond motifs is 1. The number of halogens is 1. The van der Waals surface area contributed by atoms with Crippen molar-refractivity contribution in [3.8, 4) is 11.1 Å². The molecule has 2 heterocycles. The minimum Gasteiger partial charge on any atom is -0.229 e. The van der Waals surface area contributed by atoms with Gasteiger partial charge in [-0.05, 0) is 48.2 Å². The molecule has 0 unspecified atom stereocenters. The van der Waals surface area contributed by atoms with E-state index in [4.69, 9.17) is 0 Å². The molecule has 0 spiro atoms. The first kappa shape index (κ1) is 17.2. The van der Waals surface area contributed by atoms with E-state index < -0.39 is 0 Å². The van der Waals surface area contributed by atoms with Gasteiger partial charge in [0.25, 0.3) is 0 Å². The van der Waals surface area contributed by atoms with Crippen molar-refractivity contribution < 1.29 is 4.39 Å². The van der Waals surface area contributed by atoms with E-state index in [1.54, 1.807) is 41.6 Å². The Morgan fingerprint density at radius 1 is 1.04 bits per heavy atom. The molecule has 130 valence electrons. The first-order chi connectivity index (χ1) is 12.6. The molecule has 2 aromatic heterocycles. The van der Waals surface area contributed by atoms with Crippen molar-refractivity contribution in [1.29, 1.82) is 0 Å². The van der Waals surface area contributed by atoms with Crippen LogP contribution in [0.15, 0.2) is 59.2 Å². The monoisotopic (exact) mass is 380 g/mol. The van der Waals surface area contributed by atoms with E-state index in [0.29, 0.717) is 5.75 Å². The molecule has 0 atom stereocenters. The Balaban J connectivity index is 1.73. The lowest BCUT2D eigenvalue weighted by molar-refractivity contribution is 0.626. The third-order valence-electron chi connectivity index (χ3n) is 4.42. The van der Waals surface area contributed by atoms with Crippen LogP contribution < -0.4 is 0 Å². The van der Waals surface area contributed by atoms with Gasteiger partial charge >= 0.3 is 0 Å². The molecule has 0 amide bonds. The Bertz CT molecular complexity index is 1090. The maximum Gasteiger partial charge on any atom is 0.128 e. The van der Waals surface area contributed by atoms with Gasteiger partial charge in [0.2, 0.25) is 0 Å². The predicted octanol–water partition coefficient (Wildman–Crippen LogP) is 6.41. The van der Waals surface area contributed by atoms with E-state index in [0.717, 1.165) is 26.4 Å². The fourth-order valence-electron chi connectivity index (χ4n) is 2.86. The highest BCUT2D eigenvalue weighted by atomic mass is 32.2. The first-order valence-corrected chi connectivity index (χ1v) is 10.2. The van der Waals surface area contributed by atoms with Crippen LogP contribution in [0.3, 0.4) is 0 Å². The summed E-state index contributed by atoms with van der Waals surface area (Å²) >= 11 is 3.25. The molecule has 2 aromatic carbocycles. The zero-order valence-corrected chi connectivity index (χ0v) is 16.1. The van der Waals surface area contributed by atoms with Gasteiger partial charge in [0.05, 0.1) is 5.39 Å². The summed E-state index contributed by atoms with van der Waals surface area (Å²) in [7, 11) is 0. The molecular formula is C21H17FN2S2. The fourth-order valence-corrected chi connectivity index (χ4v) is 4.79. The third kappa shape index (κ3) is 3.37. The molecule has 0 fully saturated rings. The summed E-state index contributed by atoms with van der Waals surface area (Å²) in [4.78, 5) is 9.92. The van der Waals surface area contributed by atoms with Crippen LogP contribution in [0.4, 0.5) is 4.39 Å². The lowest BCUT2D eigenvalue weighted by Gasteiger charge is -2.07. The highest BCUT2D eigenvalue weighted by Gasteiger charge is 2.14. The molecule has 0 aliphatic rings. The van der Waals surface area contributed by atoms with Crippen LogP contribution in [0.5, 0.6) is 0 Å². The van der Waals surface area contributed by atoms with Crippen LogP contribution in [0, 0.1) is 19.7 Å². The van der Waals surface area contributed by atoms with Crippen molar-refractivity contribution in [3.05, 3.63) is 76.7 Å². The van der Waals surface area contributed by atoms with E-state index in [2.05, 4.69) is 47.4 Å². The van der Waals surface area contributed by atoms with Crippen LogP contribution in [-0.4, -0.2) is 9.97 Å². The van der Waals surface area contributed by atoms with Gasteiger partial charge in [-0.2, -0.15) is 0 Å². The number of thiophene rings is 1. The van der Waals surface area contributed by atoms with Crippen molar-refractivity contribution in [1.82, 2.24) is 9.97 Å². The molecular weight excluding hydrogens is 363 g/mol. The van der Waals surface area contributed by atoms with Gasteiger partial charge in [-0.25, -0.2) is 14.4 Å². The van der Waals surface area contributed by atoms with Crippen LogP contribution in [0.1, 0.15) is 16.7 Å². The van der Waals surface area contributed by atoms with Crippen LogP contribution in [0.25, 0.3) is 21.3 Å². The maximum atomic E-state index is 13.4. The minimum absolute atomic E-state index is 0.206. The number of aryl methyl sites for hydroxylation is 2. The Morgan fingerprint density at radius 3 is 2.73 bits per heavy atom. The molecule has 0 saturated carbocycles. The number of hydrogen-bond donors (Lipinski definition) is 0. The van der Waals surface area contributed by atoms with Crippen LogP contribution in [-0.2, 0) is 5.75 Å². The molecule has 0 radical (unpaired) electrons. The molecule has 5 heteroatoms. The number of thioether (sulfide) groups is 1. The summed E-state index contributed by atoms with van der Waals surface area (Å²) in [6.07, 6.45) is 1.61. The largest absolute Gasteiger partial charge is 0.229 e. The molecule has 0 N–H and O–H groups in total. The maximum absolute atomic E-state index is 13.4. The van der Waals surface area contributed by atoms with Gasteiger partial charge in [0.15, 0.2) is 0 Å². The van der Waals surface area contributed by atoms with Crippen molar-refractivity contribution in [2.75, 3.05) is 0 Å². The van der Waals surface area contributed by atoms with Crippen molar-refractivity contribution >= 4 is 33.3 Å². The average Bonchev–Trinajstić information content (AvgIpc) is 3.07.